The molecule has 0 bridgehead atoms. The first-order valence-electron chi connectivity index (χ1n) is 12.3. The molecule has 2 aromatic carbocycles. The fraction of sp³-hybridized carbons (Fsp3) is 0.393. The molecule has 0 aliphatic rings. The van der Waals surface area contributed by atoms with E-state index in [-0.39, 0.29) is 0 Å². The van der Waals surface area contributed by atoms with Crippen molar-refractivity contribution >= 4 is 22.6 Å². The number of unbranched alkanes of at least 4 members (excludes halogenated alkanes) is 2. The zero-order valence-electron chi connectivity index (χ0n) is 20.5. The molecule has 0 aliphatic carbocycles. The van der Waals surface area contributed by atoms with Crippen molar-refractivity contribution in [3.8, 4) is 11.4 Å². The number of halogens is 1. The van der Waals surface area contributed by atoms with Crippen molar-refractivity contribution < 1.29 is 0 Å². The normalized spacial score (nSPS) is 11.6. The summed E-state index contributed by atoms with van der Waals surface area (Å²) >= 11 is 6.81. The summed E-state index contributed by atoms with van der Waals surface area (Å²) < 4.78 is 2.35. The average Bonchev–Trinajstić information content (AvgIpc) is 3.15. The number of nitrogens with zero attached hydrogens (tertiary/aromatic N) is 5. The number of rotatable bonds is 11. The number of benzene rings is 2. The van der Waals surface area contributed by atoms with Crippen molar-refractivity contribution in [3.63, 3.8) is 0 Å². The molecule has 0 unspecified atom stereocenters. The standard InChI is InChI=1S/C28H34ClN5/c1-4-6-16-33(19-22-12-13-24-25(18-22)31-15-14-30-24)20-26-27(29)32-28(34(26)17-7-5-2)23-11-9-8-10-21(23)3/h8-15,18H,4-7,16-17,19-20H2,1-3H3. The van der Waals surface area contributed by atoms with Crippen LogP contribution in [0.3, 0.4) is 0 Å². The van der Waals surface area contributed by atoms with E-state index in [0.717, 1.165) is 80.0 Å². The van der Waals surface area contributed by atoms with Crippen LogP contribution in [-0.4, -0.2) is 31.0 Å². The molecule has 0 radical (unpaired) electrons. The maximum atomic E-state index is 6.81. The van der Waals surface area contributed by atoms with Crippen LogP contribution in [0.15, 0.2) is 54.9 Å². The lowest BCUT2D eigenvalue weighted by atomic mass is 10.1. The summed E-state index contributed by atoms with van der Waals surface area (Å²) in [6, 6.07) is 14.8. The third-order valence-corrected chi connectivity index (χ3v) is 6.59. The predicted molar refractivity (Wildman–Crippen MR) is 141 cm³/mol. The average molecular weight is 476 g/mol. The Morgan fingerprint density at radius 3 is 2.44 bits per heavy atom. The summed E-state index contributed by atoms with van der Waals surface area (Å²) in [6.45, 7) is 10.1. The lowest BCUT2D eigenvalue weighted by Gasteiger charge is -2.24. The fourth-order valence-electron chi connectivity index (χ4n) is 4.37. The first kappa shape index (κ1) is 24.4. The van der Waals surface area contributed by atoms with E-state index in [1.165, 1.54) is 11.1 Å². The summed E-state index contributed by atoms with van der Waals surface area (Å²) in [4.78, 5) is 16.2. The van der Waals surface area contributed by atoms with Crippen molar-refractivity contribution in [3.05, 3.63) is 76.8 Å². The Labute approximate surface area is 207 Å². The molecule has 2 aromatic heterocycles. The van der Waals surface area contributed by atoms with E-state index < -0.39 is 0 Å². The molecule has 6 heteroatoms. The van der Waals surface area contributed by atoms with E-state index in [1.54, 1.807) is 12.4 Å². The SMILES string of the molecule is CCCCN(Cc1ccc2nccnc2c1)Cc1c(Cl)nc(-c2ccccc2C)n1CCCC. The number of fused-ring (bicyclic) bond motifs is 1. The molecule has 0 fully saturated rings. The zero-order valence-corrected chi connectivity index (χ0v) is 21.2. The summed E-state index contributed by atoms with van der Waals surface area (Å²) in [7, 11) is 0. The van der Waals surface area contributed by atoms with Gasteiger partial charge in [-0.2, -0.15) is 0 Å². The Hall–Kier alpha value is -2.76. The van der Waals surface area contributed by atoms with Crippen LogP contribution in [0, 0.1) is 6.92 Å². The molecule has 0 atom stereocenters. The molecule has 0 aliphatic heterocycles. The van der Waals surface area contributed by atoms with E-state index >= 15 is 0 Å². The predicted octanol–water partition coefficient (Wildman–Crippen LogP) is 7.06. The minimum atomic E-state index is 0.611. The summed E-state index contributed by atoms with van der Waals surface area (Å²) in [5, 5.41) is 0.611. The van der Waals surface area contributed by atoms with E-state index in [0.29, 0.717) is 5.15 Å². The number of aryl methyl sites for hydroxylation is 1. The van der Waals surface area contributed by atoms with Crippen molar-refractivity contribution in [2.45, 2.75) is 66.1 Å². The highest BCUT2D eigenvalue weighted by molar-refractivity contribution is 6.30. The Bertz CT molecular complexity index is 1230. The van der Waals surface area contributed by atoms with Crippen molar-refractivity contribution in [1.82, 2.24) is 24.4 Å². The van der Waals surface area contributed by atoms with Crippen LogP contribution in [-0.2, 0) is 19.6 Å². The molecule has 4 rings (SSSR count). The number of hydrogen-bond acceptors (Lipinski definition) is 4. The molecular weight excluding hydrogens is 442 g/mol. The number of imidazole rings is 1. The molecule has 0 N–H and O–H groups in total. The second-order valence-electron chi connectivity index (χ2n) is 8.94. The molecule has 4 aromatic rings. The Kier molecular flexibility index (Phi) is 8.30. The van der Waals surface area contributed by atoms with Gasteiger partial charge < -0.3 is 4.57 Å². The fourth-order valence-corrected chi connectivity index (χ4v) is 4.61. The van der Waals surface area contributed by atoms with Gasteiger partial charge in [0.2, 0.25) is 0 Å². The highest BCUT2D eigenvalue weighted by atomic mass is 35.5. The summed E-state index contributed by atoms with van der Waals surface area (Å²) in [5.41, 5.74) is 6.57. The molecule has 5 nitrogen and oxygen atoms in total. The van der Waals surface area contributed by atoms with Gasteiger partial charge in [0.05, 0.1) is 16.7 Å². The third-order valence-electron chi connectivity index (χ3n) is 6.29. The maximum Gasteiger partial charge on any atom is 0.152 e. The van der Waals surface area contributed by atoms with Crippen LogP contribution >= 0.6 is 11.6 Å². The van der Waals surface area contributed by atoms with Gasteiger partial charge >= 0.3 is 0 Å². The number of aromatic nitrogens is 4. The summed E-state index contributed by atoms with van der Waals surface area (Å²) in [5.74, 6) is 0.975. The zero-order chi connectivity index (χ0) is 23.9. The van der Waals surface area contributed by atoms with E-state index in [9.17, 15) is 0 Å². The van der Waals surface area contributed by atoms with Crippen molar-refractivity contribution in [2.24, 2.45) is 0 Å². The molecule has 2 heterocycles. The van der Waals surface area contributed by atoms with Crippen LogP contribution < -0.4 is 0 Å². The second-order valence-corrected chi connectivity index (χ2v) is 9.29. The van der Waals surface area contributed by atoms with E-state index in [2.05, 4.69) is 82.7 Å². The minimum Gasteiger partial charge on any atom is -0.325 e. The first-order chi connectivity index (χ1) is 16.6. The Morgan fingerprint density at radius 2 is 1.68 bits per heavy atom. The smallest absolute Gasteiger partial charge is 0.152 e. The summed E-state index contributed by atoms with van der Waals surface area (Å²) in [6.07, 6.45) is 7.99. The molecule has 0 saturated heterocycles. The van der Waals surface area contributed by atoms with Crippen LogP contribution in [0.5, 0.6) is 0 Å². The largest absolute Gasteiger partial charge is 0.325 e. The Balaban J connectivity index is 1.66. The van der Waals surface area contributed by atoms with Gasteiger partial charge in [0.1, 0.15) is 5.82 Å². The third kappa shape index (κ3) is 5.65. The topological polar surface area (TPSA) is 46.8 Å². The molecular formula is C28H34ClN5. The van der Waals surface area contributed by atoms with Crippen molar-refractivity contribution in [1.29, 1.82) is 0 Å². The lowest BCUT2D eigenvalue weighted by molar-refractivity contribution is 0.246. The van der Waals surface area contributed by atoms with E-state index in [1.807, 2.05) is 0 Å². The van der Waals surface area contributed by atoms with Crippen molar-refractivity contribution in [2.75, 3.05) is 6.54 Å². The van der Waals surface area contributed by atoms with Gasteiger partial charge in [-0.05, 0) is 49.6 Å². The highest BCUT2D eigenvalue weighted by Crippen LogP contribution is 2.30. The van der Waals surface area contributed by atoms with Gasteiger partial charge in [-0.3, -0.25) is 14.9 Å². The van der Waals surface area contributed by atoms with Crippen LogP contribution in [0.1, 0.15) is 56.4 Å². The van der Waals surface area contributed by atoms with Crippen LogP contribution in [0.4, 0.5) is 0 Å². The number of hydrogen-bond donors (Lipinski definition) is 0. The highest BCUT2D eigenvalue weighted by Gasteiger charge is 2.20. The molecule has 178 valence electrons. The minimum absolute atomic E-state index is 0.611. The molecule has 34 heavy (non-hydrogen) atoms. The maximum absolute atomic E-state index is 6.81. The van der Waals surface area contributed by atoms with Gasteiger partial charge in [-0.15, -0.1) is 0 Å². The Morgan fingerprint density at radius 1 is 0.912 bits per heavy atom. The van der Waals surface area contributed by atoms with Crippen LogP contribution in [0.2, 0.25) is 5.15 Å². The van der Waals surface area contributed by atoms with E-state index in [4.69, 9.17) is 16.6 Å². The van der Waals surface area contributed by atoms with Gasteiger partial charge in [-0.1, -0.05) is 68.6 Å². The second kappa shape index (κ2) is 11.6. The first-order valence-corrected chi connectivity index (χ1v) is 12.7. The molecule has 0 spiro atoms. The quantitative estimate of drug-likeness (QED) is 0.233. The van der Waals surface area contributed by atoms with Crippen LogP contribution in [0.25, 0.3) is 22.4 Å². The van der Waals surface area contributed by atoms with Gasteiger partial charge in [0.25, 0.3) is 0 Å². The molecule has 0 amide bonds. The van der Waals surface area contributed by atoms with Gasteiger partial charge in [-0.25, -0.2) is 4.98 Å². The van der Waals surface area contributed by atoms with Gasteiger partial charge in [0, 0.05) is 37.6 Å². The van der Waals surface area contributed by atoms with Gasteiger partial charge in [0.15, 0.2) is 5.15 Å². The lowest BCUT2D eigenvalue weighted by Crippen LogP contribution is -2.26. The monoisotopic (exact) mass is 475 g/mol. The molecule has 0 saturated carbocycles.